The SMILES string of the molecule is Cc1nc(C2CC2)n2ccc(Br)cc12. The van der Waals surface area contributed by atoms with E-state index in [-0.39, 0.29) is 0 Å². The summed E-state index contributed by atoms with van der Waals surface area (Å²) in [5, 5.41) is 0. The molecule has 1 aliphatic rings. The van der Waals surface area contributed by atoms with E-state index in [9.17, 15) is 0 Å². The van der Waals surface area contributed by atoms with Crippen molar-refractivity contribution in [3.8, 4) is 0 Å². The number of fused-ring (bicyclic) bond motifs is 1. The van der Waals surface area contributed by atoms with Gasteiger partial charge < -0.3 is 4.40 Å². The van der Waals surface area contributed by atoms with E-state index in [0.29, 0.717) is 5.92 Å². The molecule has 0 N–H and O–H groups in total. The molecular formula is C11H11BrN2. The van der Waals surface area contributed by atoms with Gasteiger partial charge in [0.1, 0.15) is 5.82 Å². The highest BCUT2D eigenvalue weighted by atomic mass is 79.9. The molecule has 1 saturated carbocycles. The van der Waals surface area contributed by atoms with Crippen LogP contribution in [0.3, 0.4) is 0 Å². The second kappa shape index (κ2) is 2.83. The fourth-order valence-electron chi connectivity index (χ4n) is 1.87. The lowest BCUT2D eigenvalue weighted by Crippen LogP contribution is -1.90. The Hall–Kier alpha value is -0.830. The monoisotopic (exact) mass is 250 g/mol. The molecule has 0 bridgehead atoms. The number of aryl methyl sites for hydroxylation is 1. The van der Waals surface area contributed by atoms with E-state index in [4.69, 9.17) is 0 Å². The van der Waals surface area contributed by atoms with Crippen LogP contribution in [0.15, 0.2) is 22.8 Å². The molecule has 2 heterocycles. The van der Waals surface area contributed by atoms with Crippen molar-refractivity contribution in [1.82, 2.24) is 9.38 Å². The first-order chi connectivity index (χ1) is 6.75. The molecule has 3 rings (SSSR count). The van der Waals surface area contributed by atoms with Crippen LogP contribution in [0.2, 0.25) is 0 Å². The lowest BCUT2D eigenvalue weighted by atomic mass is 10.3. The minimum absolute atomic E-state index is 0.706. The van der Waals surface area contributed by atoms with Crippen molar-refractivity contribution in [2.75, 3.05) is 0 Å². The van der Waals surface area contributed by atoms with Crippen molar-refractivity contribution in [3.63, 3.8) is 0 Å². The molecule has 72 valence electrons. The van der Waals surface area contributed by atoms with Gasteiger partial charge in [0.15, 0.2) is 0 Å². The van der Waals surface area contributed by atoms with Crippen LogP contribution in [-0.4, -0.2) is 9.38 Å². The molecule has 0 aromatic carbocycles. The van der Waals surface area contributed by atoms with Crippen molar-refractivity contribution in [2.24, 2.45) is 0 Å². The normalized spacial score (nSPS) is 16.4. The summed E-state index contributed by atoms with van der Waals surface area (Å²) in [7, 11) is 0. The van der Waals surface area contributed by atoms with Gasteiger partial charge in [0.2, 0.25) is 0 Å². The molecule has 2 aromatic rings. The maximum Gasteiger partial charge on any atom is 0.116 e. The minimum Gasteiger partial charge on any atom is -0.303 e. The van der Waals surface area contributed by atoms with Gasteiger partial charge in [0, 0.05) is 16.6 Å². The summed E-state index contributed by atoms with van der Waals surface area (Å²) in [6.45, 7) is 2.08. The van der Waals surface area contributed by atoms with E-state index in [0.717, 1.165) is 10.2 Å². The molecule has 1 fully saturated rings. The molecule has 0 unspecified atom stereocenters. The Kier molecular flexibility index (Phi) is 1.71. The smallest absolute Gasteiger partial charge is 0.116 e. The minimum atomic E-state index is 0.706. The Morgan fingerprint density at radius 3 is 3.00 bits per heavy atom. The number of hydrogen-bond acceptors (Lipinski definition) is 1. The molecule has 2 aromatic heterocycles. The Bertz CT molecular complexity index is 497. The third kappa shape index (κ3) is 1.19. The summed E-state index contributed by atoms with van der Waals surface area (Å²) in [5.41, 5.74) is 2.36. The van der Waals surface area contributed by atoms with E-state index < -0.39 is 0 Å². The first-order valence-corrected chi connectivity index (χ1v) is 5.69. The summed E-state index contributed by atoms with van der Waals surface area (Å²) >= 11 is 3.49. The largest absolute Gasteiger partial charge is 0.303 e. The zero-order valence-electron chi connectivity index (χ0n) is 8.00. The van der Waals surface area contributed by atoms with Crippen LogP contribution in [-0.2, 0) is 0 Å². The van der Waals surface area contributed by atoms with Crippen LogP contribution in [0.5, 0.6) is 0 Å². The molecular weight excluding hydrogens is 240 g/mol. The standard InChI is InChI=1S/C11H11BrN2/c1-7-10-6-9(12)4-5-14(10)11(13-7)8-2-3-8/h4-6,8H,2-3H2,1H3. The van der Waals surface area contributed by atoms with Crippen molar-refractivity contribution < 1.29 is 0 Å². The van der Waals surface area contributed by atoms with Crippen LogP contribution in [0.1, 0.15) is 30.3 Å². The van der Waals surface area contributed by atoms with Crippen LogP contribution >= 0.6 is 15.9 Å². The highest BCUT2D eigenvalue weighted by Gasteiger charge is 2.28. The van der Waals surface area contributed by atoms with Crippen molar-refractivity contribution >= 4 is 21.4 Å². The van der Waals surface area contributed by atoms with Gasteiger partial charge in [-0.2, -0.15) is 0 Å². The van der Waals surface area contributed by atoms with E-state index >= 15 is 0 Å². The molecule has 3 heteroatoms. The fourth-order valence-corrected chi connectivity index (χ4v) is 2.20. The molecule has 0 atom stereocenters. The topological polar surface area (TPSA) is 17.3 Å². The first kappa shape index (κ1) is 8.48. The van der Waals surface area contributed by atoms with E-state index in [1.54, 1.807) is 0 Å². The first-order valence-electron chi connectivity index (χ1n) is 4.90. The molecule has 0 aliphatic heterocycles. The van der Waals surface area contributed by atoms with Crippen LogP contribution in [0, 0.1) is 6.92 Å². The maximum atomic E-state index is 4.64. The Morgan fingerprint density at radius 1 is 1.50 bits per heavy atom. The van der Waals surface area contributed by atoms with Gasteiger partial charge in [-0.3, -0.25) is 0 Å². The van der Waals surface area contributed by atoms with Gasteiger partial charge in [0.25, 0.3) is 0 Å². The van der Waals surface area contributed by atoms with Crippen LogP contribution < -0.4 is 0 Å². The van der Waals surface area contributed by atoms with Crippen molar-refractivity contribution in [2.45, 2.75) is 25.7 Å². The van der Waals surface area contributed by atoms with Gasteiger partial charge in [0.05, 0.1) is 11.2 Å². The number of halogens is 1. The summed E-state index contributed by atoms with van der Waals surface area (Å²) in [5.74, 6) is 1.95. The van der Waals surface area contributed by atoms with Crippen LogP contribution in [0.4, 0.5) is 0 Å². The van der Waals surface area contributed by atoms with Gasteiger partial charge >= 0.3 is 0 Å². The number of nitrogens with zero attached hydrogens (tertiary/aromatic N) is 2. The average Bonchev–Trinajstić information content (AvgIpc) is 2.94. The van der Waals surface area contributed by atoms with Gasteiger partial charge in [-0.1, -0.05) is 15.9 Å². The Morgan fingerprint density at radius 2 is 2.29 bits per heavy atom. The quantitative estimate of drug-likeness (QED) is 0.760. The third-order valence-corrected chi connectivity index (χ3v) is 3.25. The number of pyridine rings is 1. The van der Waals surface area contributed by atoms with E-state index in [1.807, 2.05) is 0 Å². The third-order valence-electron chi connectivity index (χ3n) is 2.76. The predicted octanol–water partition coefficient (Wildman–Crippen LogP) is 3.28. The molecule has 0 saturated heterocycles. The zero-order valence-corrected chi connectivity index (χ0v) is 9.58. The summed E-state index contributed by atoms with van der Waals surface area (Å²) in [6, 6.07) is 4.20. The zero-order chi connectivity index (χ0) is 9.71. The summed E-state index contributed by atoms with van der Waals surface area (Å²) in [6.07, 6.45) is 4.70. The van der Waals surface area contributed by atoms with Gasteiger partial charge in [-0.15, -0.1) is 0 Å². The Balaban J connectivity index is 2.32. The lowest BCUT2D eigenvalue weighted by Gasteiger charge is -1.98. The van der Waals surface area contributed by atoms with Crippen LogP contribution in [0.25, 0.3) is 5.52 Å². The average molecular weight is 251 g/mol. The molecule has 0 radical (unpaired) electrons. The number of hydrogen-bond donors (Lipinski definition) is 0. The molecule has 1 aliphatic carbocycles. The molecule has 0 amide bonds. The summed E-state index contributed by atoms with van der Waals surface area (Å²) < 4.78 is 3.34. The molecule has 14 heavy (non-hydrogen) atoms. The lowest BCUT2D eigenvalue weighted by molar-refractivity contribution is 0.916. The number of rotatable bonds is 1. The highest BCUT2D eigenvalue weighted by Crippen LogP contribution is 2.40. The molecule has 2 nitrogen and oxygen atoms in total. The van der Waals surface area contributed by atoms with E-state index in [2.05, 4.69) is 50.6 Å². The Labute approximate surface area is 91.1 Å². The second-order valence-corrected chi connectivity index (χ2v) is 4.85. The second-order valence-electron chi connectivity index (χ2n) is 3.93. The number of imidazole rings is 1. The van der Waals surface area contributed by atoms with Gasteiger partial charge in [-0.05, 0) is 31.9 Å². The predicted molar refractivity (Wildman–Crippen MR) is 59.6 cm³/mol. The van der Waals surface area contributed by atoms with E-state index in [1.165, 1.54) is 24.2 Å². The molecule has 0 spiro atoms. The maximum absolute atomic E-state index is 4.64. The van der Waals surface area contributed by atoms with Crippen molar-refractivity contribution in [1.29, 1.82) is 0 Å². The fraction of sp³-hybridized carbons (Fsp3) is 0.364. The highest BCUT2D eigenvalue weighted by molar-refractivity contribution is 9.10. The summed E-state index contributed by atoms with van der Waals surface area (Å²) in [4.78, 5) is 4.64. The number of aromatic nitrogens is 2. The van der Waals surface area contributed by atoms with Gasteiger partial charge in [-0.25, -0.2) is 4.98 Å². The van der Waals surface area contributed by atoms with Crippen molar-refractivity contribution in [3.05, 3.63) is 34.3 Å².